The monoisotopic (exact) mass is 324 g/mol. The lowest BCUT2D eigenvalue weighted by atomic mass is 9.95. The largest absolute Gasteiger partial charge is 0.397 e. The number of halogens is 2. The maximum atomic E-state index is 6.34. The van der Waals surface area contributed by atoms with Crippen LogP contribution < -0.4 is 5.73 Å². The Bertz CT molecular complexity index is 660. The van der Waals surface area contributed by atoms with Gasteiger partial charge in [-0.15, -0.1) is 10.2 Å². The molecular formula is C15H18Cl2N4. The fourth-order valence-electron chi connectivity index (χ4n) is 3.11. The molecule has 3 rings (SSSR count). The second-order valence-corrected chi connectivity index (χ2v) is 6.36. The zero-order valence-corrected chi connectivity index (χ0v) is 13.5. The second kappa shape index (κ2) is 5.85. The van der Waals surface area contributed by atoms with E-state index >= 15 is 0 Å². The van der Waals surface area contributed by atoms with E-state index in [0.717, 1.165) is 24.5 Å². The summed E-state index contributed by atoms with van der Waals surface area (Å²) in [4.78, 5) is 0. The standard InChI is InChI=1S/C15H18Cl2N4/c1-9-19-20-15(21(9)10-5-3-2-4-6-10)13-11(16)7-8-12(17)14(13)18/h7-8,10H,2-6,18H2,1H3. The average molecular weight is 325 g/mol. The van der Waals surface area contributed by atoms with Crippen LogP contribution in [-0.2, 0) is 0 Å². The summed E-state index contributed by atoms with van der Waals surface area (Å²) in [5.41, 5.74) is 7.28. The van der Waals surface area contributed by atoms with Crippen LogP contribution in [0.25, 0.3) is 11.4 Å². The highest BCUT2D eigenvalue weighted by Crippen LogP contribution is 2.40. The average Bonchev–Trinajstić information content (AvgIpc) is 2.86. The quantitative estimate of drug-likeness (QED) is 0.818. The minimum atomic E-state index is 0.415. The summed E-state index contributed by atoms with van der Waals surface area (Å²) < 4.78 is 2.17. The van der Waals surface area contributed by atoms with Gasteiger partial charge >= 0.3 is 0 Å². The van der Waals surface area contributed by atoms with Gasteiger partial charge in [-0.2, -0.15) is 0 Å². The maximum Gasteiger partial charge on any atom is 0.167 e. The Labute approximate surface area is 134 Å². The first-order valence-corrected chi connectivity index (χ1v) is 8.00. The van der Waals surface area contributed by atoms with Crippen LogP contribution >= 0.6 is 23.2 Å². The van der Waals surface area contributed by atoms with E-state index in [2.05, 4.69) is 14.8 Å². The number of nitrogens with zero attached hydrogens (tertiary/aromatic N) is 3. The Morgan fingerprint density at radius 3 is 2.48 bits per heavy atom. The van der Waals surface area contributed by atoms with Crippen LogP contribution in [0.3, 0.4) is 0 Å². The molecular weight excluding hydrogens is 307 g/mol. The number of hydrogen-bond acceptors (Lipinski definition) is 3. The molecule has 1 fully saturated rings. The summed E-state index contributed by atoms with van der Waals surface area (Å²) in [6, 6.07) is 3.88. The summed E-state index contributed by atoms with van der Waals surface area (Å²) in [7, 11) is 0. The summed E-state index contributed by atoms with van der Waals surface area (Å²) in [5, 5.41) is 9.60. The third kappa shape index (κ3) is 2.62. The SMILES string of the molecule is Cc1nnc(-c2c(Cl)ccc(Cl)c2N)n1C1CCCCC1. The van der Waals surface area contributed by atoms with Crippen LogP contribution in [-0.4, -0.2) is 14.8 Å². The van der Waals surface area contributed by atoms with Crippen molar-refractivity contribution in [2.75, 3.05) is 5.73 Å². The molecule has 0 saturated heterocycles. The maximum absolute atomic E-state index is 6.34. The zero-order chi connectivity index (χ0) is 15.0. The van der Waals surface area contributed by atoms with E-state index in [1.807, 2.05) is 6.92 Å². The summed E-state index contributed by atoms with van der Waals surface area (Å²) in [6.45, 7) is 1.97. The predicted molar refractivity (Wildman–Crippen MR) is 86.7 cm³/mol. The number of rotatable bonds is 2. The number of aromatic nitrogens is 3. The van der Waals surface area contributed by atoms with E-state index < -0.39 is 0 Å². The van der Waals surface area contributed by atoms with Crippen molar-refractivity contribution < 1.29 is 0 Å². The Morgan fingerprint density at radius 1 is 1.10 bits per heavy atom. The van der Waals surface area contributed by atoms with E-state index in [1.54, 1.807) is 12.1 Å². The van der Waals surface area contributed by atoms with E-state index in [4.69, 9.17) is 28.9 Å². The van der Waals surface area contributed by atoms with Gasteiger partial charge in [-0.25, -0.2) is 0 Å². The Morgan fingerprint density at radius 2 is 1.76 bits per heavy atom. The molecule has 2 N–H and O–H groups in total. The number of benzene rings is 1. The molecule has 0 bridgehead atoms. The molecule has 4 nitrogen and oxygen atoms in total. The molecule has 0 spiro atoms. The molecule has 1 aliphatic carbocycles. The third-order valence-electron chi connectivity index (χ3n) is 4.17. The van der Waals surface area contributed by atoms with Gasteiger partial charge in [0, 0.05) is 6.04 Å². The molecule has 1 aromatic heterocycles. The molecule has 0 unspecified atom stereocenters. The van der Waals surface area contributed by atoms with Gasteiger partial charge in [-0.1, -0.05) is 42.5 Å². The highest BCUT2D eigenvalue weighted by Gasteiger charge is 2.24. The zero-order valence-electron chi connectivity index (χ0n) is 11.9. The van der Waals surface area contributed by atoms with Gasteiger partial charge in [0.2, 0.25) is 0 Å². The van der Waals surface area contributed by atoms with Crippen LogP contribution in [0, 0.1) is 6.92 Å². The molecule has 6 heteroatoms. The lowest BCUT2D eigenvalue weighted by molar-refractivity contribution is 0.350. The van der Waals surface area contributed by atoms with Crippen LogP contribution in [0.2, 0.25) is 10.0 Å². The van der Waals surface area contributed by atoms with Crippen molar-refractivity contribution in [3.05, 3.63) is 28.0 Å². The molecule has 1 aliphatic rings. The first kappa shape index (κ1) is 14.7. The van der Waals surface area contributed by atoms with Crippen LogP contribution in [0.15, 0.2) is 12.1 Å². The number of nitrogens with two attached hydrogens (primary N) is 1. The minimum absolute atomic E-state index is 0.415. The van der Waals surface area contributed by atoms with E-state index in [-0.39, 0.29) is 0 Å². The number of anilines is 1. The Kier molecular flexibility index (Phi) is 4.09. The van der Waals surface area contributed by atoms with E-state index in [0.29, 0.717) is 27.3 Å². The van der Waals surface area contributed by atoms with E-state index in [1.165, 1.54) is 19.3 Å². The highest BCUT2D eigenvalue weighted by molar-refractivity contribution is 6.37. The fourth-order valence-corrected chi connectivity index (χ4v) is 3.52. The lowest BCUT2D eigenvalue weighted by Gasteiger charge is -2.25. The summed E-state index contributed by atoms with van der Waals surface area (Å²) in [6.07, 6.45) is 6.06. The number of hydrogen-bond donors (Lipinski definition) is 1. The molecule has 2 aromatic rings. The molecule has 1 saturated carbocycles. The van der Waals surface area contributed by atoms with Gasteiger partial charge in [0.1, 0.15) is 5.82 Å². The molecule has 0 radical (unpaired) electrons. The van der Waals surface area contributed by atoms with Crippen molar-refractivity contribution in [3.8, 4) is 11.4 Å². The summed E-state index contributed by atoms with van der Waals surface area (Å²) in [5.74, 6) is 1.62. The van der Waals surface area contributed by atoms with Crippen LogP contribution in [0.4, 0.5) is 5.69 Å². The fraction of sp³-hybridized carbons (Fsp3) is 0.467. The topological polar surface area (TPSA) is 56.7 Å². The van der Waals surface area contributed by atoms with Gasteiger partial charge < -0.3 is 10.3 Å². The second-order valence-electron chi connectivity index (χ2n) is 5.55. The highest BCUT2D eigenvalue weighted by atomic mass is 35.5. The predicted octanol–water partition coefficient (Wildman–Crippen LogP) is 4.65. The smallest absolute Gasteiger partial charge is 0.167 e. The van der Waals surface area contributed by atoms with Crippen LogP contribution in [0.5, 0.6) is 0 Å². The van der Waals surface area contributed by atoms with Gasteiger partial charge in [-0.05, 0) is 31.9 Å². The summed E-state index contributed by atoms with van der Waals surface area (Å²) >= 11 is 12.5. The lowest BCUT2D eigenvalue weighted by Crippen LogP contribution is -2.15. The van der Waals surface area contributed by atoms with Crippen molar-refractivity contribution in [1.82, 2.24) is 14.8 Å². The Hall–Kier alpha value is -1.26. The van der Waals surface area contributed by atoms with Gasteiger partial charge in [0.05, 0.1) is 21.3 Å². The molecule has 21 heavy (non-hydrogen) atoms. The normalized spacial score (nSPS) is 16.3. The van der Waals surface area contributed by atoms with Crippen molar-refractivity contribution in [1.29, 1.82) is 0 Å². The molecule has 0 aliphatic heterocycles. The number of nitrogen functional groups attached to an aromatic ring is 1. The third-order valence-corrected chi connectivity index (χ3v) is 4.82. The van der Waals surface area contributed by atoms with Crippen molar-refractivity contribution in [3.63, 3.8) is 0 Å². The number of aryl methyl sites for hydroxylation is 1. The molecule has 112 valence electrons. The van der Waals surface area contributed by atoms with Gasteiger partial charge in [-0.3, -0.25) is 0 Å². The van der Waals surface area contributed by atoms with Crippen molar-refractivity contribution >= 4 is 28.9 Å². The van der Waals surface area contributed by atoms with Crippen molar-refractivity contribution in [2.45, 2.75) is 45.1 Å². The first-order chi connectivity index (χ1) is 10.1. The van der Waals surface area contributed by atoms with Gasteiger partial charge in [0.25, 0.3) is 0 Å². The minimum Gasteiger partial charge on any atom is -0.397 e. The molecule has 0 atom stereocenters. The Balaban J connectivity index is 2.14. The van der Waals surface area contributed by atoms with Gasteiger partial charge in [0.15, 0.2) is 5.82 Å². The van der Waals surface area contributed by atoms with Crippen LogP contribution in [0.1, 0.15) is 44.0 Å². The van der Waals surface area contributed by atoms with E-state index in [9.17, 15) is 0 Å². The first-order valence-electron chi connectivity index (χ1n) is 7.25. The molecule has 1 aromatic carbocycles. The molecule has 1 heterocycles. The molecule has 0 amide bonds. The van der Waals surface area contributed by atoms with Crippen molar-refractivity contribution in [2.24, 2.45) is 0 Å².